The molecule has 4 aromatic rings. The molecule has 1 aliphatic heterocycles. The number of aryl methyl sites for hydroxylation is 3. The van der Waals surface area contributed by atoms with Crippen LogP contribution in [0.25, 0.3) is 22.6 Å². The summed E-state index contributed by atoms with van der Waals surface area (Å²) in [4.78, 5) is 42.2. The predicted octanol–water partition coefficient (Wildman–Crippen LogP) is 6.27. The van der Waals surface area contributed by atoms with Crippen molar-refractivity contribution in [3.05, 3.63) is 93.7 Å². The Labute approximate surface area is 262 Å². The topological polar surface area (TPSA) is 107 Å². The van der Waals surface area contributed by atoms with Gasteiger partial charge in [-0.3, -0.25) is 9.59 Å². The van der Waals surface area contributed by atoms with Gasteiger partial charge in [-0.05, 0) is 92.1 Å². The fraction of sp³-hybridized carbons (Fsp3) is 0.278. The quantitative estimate of drug-likeness (QED) is 0.204. The van der Waals surface area contributed by atoms with Crippen molar-refractivity contribution >= 4 is 46.5 Å². The first-order chi connectivity index (χ1) is 21.6. The van der Waals surface area contributed by atoms with E-state index in [0.717, 1.165) is 80.9 Å². The van der Waals surface area contributed by atoms with Crippen molar-refractivity contribution in [1.82, 2.24) is 9.88 Å². The summed E-state index contributed by atoms with van der Waals surface area (Å²) >= 11 is 0. The van der Waals surface area contributed by atoms with E-state index in [9.17, 15) is 14.4 Å². The summed E-state index contributed by atoms with van der Waals surface area (Å²) in [6.07, 6.45) is 5.25. The maximum absolute atomic E-state index is 13.6. The van der Waals surface area contributed by atoms with E-state index in [2.05, 4.69) is 11.4 Å². The number of amides is 2. The van der Waals surface area contributed by atoms with Gasteiger partial charge in [-0.25, -0.2) is 9.78 Å². The lowest BCUT2D eigenvalue weighted by Crippen LogP contribution is -2.23. The van der Waals surface area contributed by atoms with E-state index < -0.39 is 5.97 Å². The van der Waals surface area contributed by atoms with Crippen LogP contribution in [-0.4, -0.2) is 55.7 Å². The minimum Gasteiger partial charge on any atom is -0.454 e. The number of hydrogen-bond donors (Lipinski definition) is 1. The zero-order valence-corrected chi connectivity index (χ0v) is 26.2. The number of nitrogens with one attached hydrogen (secondary N) is 1. The van der Waals surface area contributed by atoms with Gasteiger partial charge < -0.3 is 24.4 Å². The van der Waals surface area contributed by atoms with Crippen molar-refractivity contribution in [2.24, 2.45) is 0 Å². The molecule has 0 radical (unpaired) electrons. The lowest BCUT2D eigenvalue weighted by molar-refractivity contribution is -0.119. The number of pyridine rings is 1. The van der Waals surface area contributed by atoms with Crippen LogP contribution in [0.2, 0.25) is 0 Å². The van der Waals surface area contributed by atoms with Crippen molar-refractivity contribution in [1.29, 1.82) is 0 Å². The van der Waals surface area contributed by atoms with Gasteiger partial charge in [0.15, 0.2) is 18.1 Å². The number of carbonyl (C=O) groups excluding carboxylic acids is 3. The second-order valence-electron chi connectivity index (χ2n) is 11.4. The number of rotatable bonds is 6. The summed E-state index contributed by atoms with van der Waals surface area (Å²) in [5.41, 5.74) is 8.66. The Kier molecular flexibility index (Phi) is 9.47. The lowest BCUT2D eigenvalue weighted by Gasteiger charge is -2.22. The summed E-state index contributed by atoms with van der Waals surface area (Å²) in [7, 11) is 3.38. The summed E-state index contributed by atoms with van der Waals surface area (Å²) in [5.74, 6) is 0.554. The van der Waals surface area contributed by atoms with E-state index in [1.165, 1.54) is 4.90 Å². The maximum Gasteiger partial charge on any atom is 0.339 e. The van der Waals surface area contributed by atoms with E-state index in [4.69, 9.17) is 19.2 Å². The van der Waals surface area contributed by atoms with Crippen LogP contribution >= 0.6 is 0 Å². The molecule has 2 heterocycles. The van der Waals surface area contributed by atoms with Crippen LogP contribution < -0.4 is 14.8 Å². The molecule has 1 aliphatic carbocycles. The highest BCUT2D eigenvalue weighted by Gasteiger charge is 2.27. The molecule has 0 bridgehead atoms. The zero-order valence-electron chi connectivity index (χ0n) is 26.2. The Morgan fingerprint density at radius 1 is 0.978 bits per heavy atom. The Morgan fingerprint density at radius 3 is 2.42 bits per heavy atom. The van der Waals surface area contributed by atoms with Gasteiger partial charge in [-0.15, -0.1) is 0 Å². The number of nitrogens with zero attached hydrogens (tertiary/aromatic N) is 2. The maximum atomic E-state index is 13.6. The molecule has 2 amide bonds. The molecule has 0 spiro atoms. The van der Waals surface area contributed by atoms with Crippen LogP contribution in [0.1, 0.15) is 56.7 Å². The van der Waals surface area contributed by atoms with Gasteiger partial charge in [0.1, 0.15) is 0 Å². The van der Waals surface area contributed by atoms with E-state index in [1.54, 1.807) is 14.1 Å². The number of benzene rings is 3. The minimum absolute atomic E-state index is 0.222. The number of para-hydroxylation sites is 1. The highest BCUT2D eigenvalue weighted by Crippen LogP contribution is 2.38. The lowest BCUT2D eigenvalue weighted by atomic mass is 9.86. The third-order valence-corrected chi connectivity index (χ3v) is 7.60. The molecule has 1 aromatic heterocycles. The van der Waals surface area contributed by atoms with Gasteiger partial charge in [0, 0.05) is 25.2 Å². The third-order valence-electron chi connectivity index (χ3n) is 7.60. The molecule has 1 N–H and O–H groups in total. The Morgan fingerprint density at radius 2 is 1.69 bits per heavy atom. The third kappa shape index (κ3) is 7.15. The number of carbonyl (C=O) groups is 3. The second-order valence-corrected chi connectivity index (χ2v) is 11.4. The predicted molar refractivity (Wildman–Crippen MR) is 174 cm³/mol. The number of anilines is 1. The second kappa shape index (κ2) is 13.6. The van der Waals surface area contributed by atoms with Gasteiger partial charge in [0.2, 0.25) is 13.2 Å². The van der Waals surface area contributed by atoms with Crippen LogP contribution in [0, 0.1) is 20.8 Å². The first-order valence-electron chi connectivity index (χ1n) is 14.8. The molecular weight excluding hydrogens is 570 g/mol. The molecular formula is C36H37N3O6. The van der Waals surface area contributed by atoms with E-state index in [1.807, 2.05) is 75.4 Å². The number of hydrogen-bond acceptors (Lipinski definition) is 7. The van der Waals surface area contributed by atoms with E-state index >= 15 is 0 Å². The summed E-state index contributed by atoms with van der Waals surface area (Å²) < 4.78 is 16.6. The average molecular weight is 608 g/mol. The van der Waals surface area contributed by atoms with Gasteiger partial charge in [-0.2, -0.15) is 0 Å². The smallest absolute Gasteiger partial charge is 0.339 e. The fourth-order valence-electron chi connectivity index (χ4n) is 5.67. The zero-order chi connectivity index (χ0) is 32.1. The van der Waals surface area contributed by atoms with Gasteiger partial charge >= 0.3 is 5.97 Å². The summed E-state index contributed by atoms with van der Waals surface area (Å²) in [5, 5.41) is 3.63. The molecule has 0 saturated heterocycles. The van der Waals surface area contributed by atoms with Crippen molar-refractivity contribution in [3.8, 4) is 11.5 Å². The van der Waals surface area contributed by atoms with Gasteiger partial charge in [0.05, 0.1) is 16.8 Å². The minimum atomic E-state index is -0.522. The van der Waals surface area contributed by atoms with Crippen molar-refractivity contribution in [3.63, 3.8) is 0 Å². The van der Waals surface area contributed by atoms with Crippen LogP contribution in [0.4, 0.5) is 5.69 Å². The Hall–Kier alpha value is -5.18. The number of allylic oxidation sites excluding steroid dienone is 1. The summed E-state index contributed by atoms with van der Waals surface area (Å²) in [6, 6.07) is 17.4. The van der Waals surface area contributed by atoms with Crippen LogP contribution in [0.5, 0.6) is 11.5 Å². The molecule has 2 aliphatic rings. The fourth-order valence-corrected chi connectivity index (χ4v) is 5.67. The SMILES string of the molecule is CN(C)C=O.Cc1cc(C)c(NC(=O)COC(=O)c2c3c(nc4ccccc24)/C(=C\c2ccc4c(c2)OCO4)CCC3)c(C)c1. The normalized spacial score (nSPS) is 13.8. The molecule has 0 saturated carbocycles. The average Bonchev–Trinajstić information content (AvgIpc) is 3.49. The number of aromatic nitrogens is 1. The highest BCUT2D eigenvalue weighted by molar-refractivity contribution is 6.07. The van der Waals surface area contributed by atoms with E-state index in [-0.39, 0.29) is 19.3 Å². The molecule has 3 aromatic carbocycles. The molecule has 9 heteroatoms. The number of fused-ring (bicyclic) bond motifs is 3. The molecule has 232 valence electrons. The van der Waals surface area contributed by atoms with Gasteiger partial charge in [-0.1, -0.05) is 42.0 Å². The molecule has 0 unspecified atom stereocenters. The Balaban J connectivity index is 0.000000743. The van der Waals surface area contributed by atoms with Crippen LogP contribution in [-0.2, 0) is 20.7 Å². The standard InChI is InChI=1S/C33H30N2O5.C3H7NO/c1-19-13-20(2)31(21(3)14-19)35-29(36)17-38-33(37)30-24-8-4-5-10-26(24)34-32-23(7-6-9-25(30)32)15-22-11-12-27-28(16-22)40-18-39-27;1-4(2)3-5/h4-5,8,10-16H,6-7,9,17-18H2,1-3H3,(H,35,36);3H,1-2H3/b23-15-;. The van der Waals surface area contributed by atoms with Crippen molar-refractivity contribution in [2.75, 3.05) is 32.8 Å². The van der Waals surface area contributed by atoms with Crippen LogP contribution in [0.15, 0.2) is 54.6 Å². The van der Waals surface area contributed by atoms with Crippen LogP contribution in [0.3, 0.4) is 0 Å². The van der Waals surface area contributed by atoms with Crippen molar-refractivity contribution < 1.29 is 28.6 Å². The highest BCUT2D eigenvalue weighted by atomic mass is 16.7. The summed E-state index contributed by atoms with van der Waals surface area (Å²) in [6.45, 7) is 5.76. The first-order valence-corrected chi connectivity index (χ1v) is 14.8. The number of ether oxygens (including phenoxy) is 3. The molecule has 9 nitrogen and oxygen atoms in total. The molecule has 0 atom stereocenters. The largest absolute Gasteiger partial charge is 0.454 e. The van der Waals surface area contributed by atoms with E-state index in [0.29, 0.717) is 17.5 Å². The van der Waals surface area contributed by atoms with Crippen molar-refractivity contribution in [2.45, 2.75) is 40.0 Å². The molecule has 6 rings (SSSR count). The molecule has 0 fully saturated rings. The van der Waals surface area contributed by atoms with Gasteiger partial charge in [0.25, 0.3) is 5.91 Å². The Bertz CT molecular complexity index is 1790. The number of esters is 1. The molecule has 45 heavy (non-hydrogen) atoms. The monoisotopic (exact) mass is 607 g/mol. The first kappa shape index (κ1) is 31.3.